The lowest BCUT2D eigenvalue weighted by Crippen LogP contribution is -2.34. The molecule has 1 aromatic rings. The average Bonchev–Trinajstić information content (AvgIpc) is 2.57. The molecule has 0 saturated heterocycles. The quantitative estimate of drug-likeness (QED) is 0.772. The average molecular weight is 237 g/mol. The molecule has 4 nitrogen and oxygen atoms in total. The third-order valence-corrected chi connectivity index (χ3v) is 3.35. The molecule has 0 unspecified atom stereocenters. The van der Waals surface area contributed by atoms with Gasteiger partial charge in [0.1, 0.15) is 0 Å². The Hall–Kier alpha value is -1.03. The summed E-state index contributed by atoms with van der Waals surface area (Å²) in [4.78, 5) is 4.55. The molecule has 0 aliphatic heterocycles. The van der Waals surface area contributed by atoms with Gasteiger partial charge in [-0.05, 0) is 32.1 Å². The summed E-state index contributed by atoms with van der Waals surface area (Å²) in [5.74, 6) is 1.89. The van der Waals surface area contributed by atoms with Crippen LogP contribution in [0.5, 0.6) is 0 Å². The number of aryl methyl sites for hydroxylation is 2. The molecule has 0 atom stereocenters. The van der Waals surface area contributed by atoms with Crippen LogP contribution in [0.15, 0.2) is 6.20 Å². The molecule has 1 N–H and O–H groups in total. The number of rotatable bonds is 6. The number of nitrogens with one attached hydrogen (secondary N) is 1. The van der Waals surface area contributed by atoms with Crippen LogP contribution in [0.3, 0.4) is 0 Å². The fourth-order valence-corrected chi connectivity index (χ4v) is 2.41. The number of nitrogens with zero attached hydrogens (tertiary/aromatic N) is 2. The first kappa shape index (κ1) is 12.4. The fraction of sp³-hybridized carbons (Fsp3) is 0.769. The summed E-state index contributed by atoms with van der Waals surface area (Å²) >= 11 is 0. The summed E-state index contributed by atoms with van der Waals surface area (Å²) in [6, 6.07) is 0.618. The van der Waals surface area contributed by atoms with Gasteiger partial charge in [-0.1, -0.05) is 6.92 Å². The Kier molecular flexibility index (Phi) is 4.05. The van der Waals surface area contributed by atoms with Crippen LogP contribution in [-0.4, -0.2) is 29.3 Å². The molecule has 0 radical (unpaired) electrons. The number of anilines is 1. The van der Waals surface area contributed by atoms with Gasteiger partial charge in [-0.15, -0.1) is 0 Å². The lowest BCUT2D eigenvalue weighted by molar-refractivity contribution is 0.190. The van der Waals surface area contributed by atoms with Gasteiger partial charge in [0.15, 0.2) is 0 Å². The number of ether oxygens (including phenoxy) is 1. The summed E-state index contributed by atoms with van der Waals surface area (Å²) < 4.78 is 7.29. The number of imidazole rings is 1. The van der Waals surface area contributed by atoms with Gasteiger partial charge in [0.25, 0.3) is 0 Å². The van der Waals surface area contributed by atoms with Crippen LogP contribution in [0.2, 0.25) is 0 Å². The second kappa shape index (κ2) is 5.54. The van der Waals surface area contributed by atoms with E-state index in [1.807, 2.05) is 6.92 Å². The van der Waals surface area contributed by atoms with E-state index >= 15 is 0 Å². The maximum Gasteiger partial charge on any atom is 0.203 e. The zero-order chi connectivity index (χ0) is 12.3. The van der Waals surface area contributed by atoms with Crippen molar-refractivity contribution in [2.24, 2.45) is 5.92 Å². The normalized spacial score (nSPS) is 23.5. The summed E-state index contributed by atoms with van der Waals surface area (Å²) in [6.07, 6.45) is 5.68. The third-order valence-electron chi connectivity index (χ3n) is 3.35. The molecule has 1 fully saturated rings. The van der Waals surface area contributed by atoms with Gasteiger partial charge in [0.05, 0.1) is 5.69 Å². The Morgan fingerprint density at radius 2 is 2.29 bits per heavy atom. The van der Waals surface area contributed by atoms with Gasteiger partial charge in [-0.2, -0.15) is 0 Å². The van der Waals surface area contributed by atoms with Crippen molar-refractivity contribution in [3.05, 3.63) is 11.9 Å². The zero-order valence-corrected chi connectivity index (χ0v) is 11.1. The molecule has 2 rings (SSSR count). The minimum Gasteiger partial charge on any atom is -0.385 e. The van der Waals surface area contributed by atoms with Crippen molar-refractivity contribution in [3.8, 4) is 0 Å². The van der Waals surface area contributed by atoms with Crippen LogP contribution in [0.1, 0.15) is 31.9 Å². The molecular formula is C13H23N3O. The van der Waals surface area contributed by atoms with E-state index in [0.717, 1.165) is 37.1 Å². The fourth-order valence-electron chi connectivity index (χ4n) is 2.41. The van der Waals surface area contributed by atoms with Gasteiger partial charge >= 0.3 is 0 Å². The SMILES string of the molecule is COCCCn1cc(C)nc1NC1CC(C)C1. The minimum absolute atomic E-state index is 0.618. The van der Waals surface area contributed by atoms with Gasteiger partial charge in [-0.25, -0.2) is 4.98 Å². The minimum atomic E-state index is 0.618. The van der Waals surface area contributed by atoms with E-state index in [1.54, 1.807) is 7.11 Å². The van der Waals surface area contributed by atoms with E-state index in [9.17, 15) is 0 Å². The van der Waals surface area contributed by atoms with E-state index in [-0.39, 0.29) is 0 Å². The van der Waals surface area contributed by atoms with Crippen LogP contribution < -0.4 is 5.32 Å². The van der Waals surface area contributed by atoms with Gasteiger partial charge in [0.2, 0.25) is 5.95 Å². The molecule has 1 saturated carbocycles. The van der Waals surface area contributed by atoms with Gasteiger partial charge in [0, 0.05) is 32.5 Å². The van der Waals surface area contributed by atoms with Crippen molar-refractivity contribution in [2.45, 2.75) is 45.7 Å². The molecule has 17 heavy (non-hydrogen) atoms. The lowest BCUT2D eigenvalue weighted by atomic mass is 9.82. The molecule has 1 aliphatic rings. The maximum atomic E-state index is 5.08. The Labute approximate surface area is 103 Å². The molecule has 1 aromatic heterocycles. The summed E-state index contributed by atoms with van der Waals surface area (Å²) in [5.41, 5.74) is 1.08. The maximum absolute atomic E-state index is 5.08. The first-order valence-corrected chi connectivity index (χ1v) is 6.48. The predicted octanol–water partition coefficient (Wildman–Crippen LogP) is 2.44. The predicted molar refractivity (Wildman–Crippen MR) is 69.3 cm³/mol. The zero-order valence-electron chi connectivity index (χ0n) is 11.1. The third kappa shape index (κ3) is 3.22. The van der Waals surface area contributed by atoms with Crippen LogP contribution >= 0.6 is 0 Å². The van der Waals surface area contributed by atoms with E-state index in [4.69, 9.17) is 4.74 Å². The van der Waals surface area contributed by atoms with Crippen LogP contribution in [0.25, 0.3) is 0 Å². The lowest BCUT2D eigenvalue weighted by Gasteiger charge is -2.33. The second-order valence-corrected chi connectivity index (χ2v) is 5.16. The van der Waals surface area contributed by atoms with Crippen LogP contribution in [-0.2, 0) is 11.3 Å². The summed E-state index contributed by atoms with van der Waals surface area (Å²) in [7, 11) is 1.74. The summed E-state index contributed by atoms with van der Waals surface area (Å²) in [5, 5.41) is 3.54. The molecule has 1 aliphatic carbocycles. The van der Waals surface area contributed by atoms with Crippen molar-refractivity contribution in [2.75, 3.05) is 19.0 Å². The highest BCUT2D eigenvalue weighted by atomic mass is 16.5. The highest BCUT2D eigenvalue weighted by Crippen LogP contribution is 2.29. The van der Waals surface area contributed by atoms with Gasteiger partial charge < -0.3 is 14.6 Å². The Bertz CT molecular complexity index is 356. The largest absolute Gasteiger partial charge is 0.385 e. The standard InChI is InChI=1S/C13H23N3O/c1-10-7-12(8-10)15-13-14-11(2)9-16(13)5-4-6-17-3/h9-10,12H,4-8H2,1-3H3,(H,14,15). The highest BCUT2D eigenvalue weighted by Gasteiger charge is 2.26. The Balaban J connectivity index is 1.90. The van der Waals surface area contributed by atoms with Crippen molar-refractivity contribution in [3.63, 3.8) is 0 Å². The topological polar surface area (TPSA) is 39.1 Å². The highest BCUT2D eigenvalue weighted by molar-refractivity contribution is 5.31. The first-order chi connectivity index (χ1) is 8.19. The smallest absolute Gasteiger partial charge is 0.203 e. The van der Waals surface area contributed by atoms with E-state index in [0.29, 0.717) is 6.04 Å². The number of aromatic nitrogens is 2. The molecule has 96 valence electrons. The Morgan fingerprint density at radius 3 is 2.94 bits per heavy atom. The molecule has 0 amide bonds. The molecule has 0 bridgehead atoms. The molecule has 0 aromatic carbocycles. The van der Waals surface area contributed by atoms with Crippen molar-refractivity contribution in [1.29, 1.82) is 0 Å². The van der Waals surface area contributed by atoms with Gasteiger partial charge in [-0.3, -0.25) is 0 Å². The molecule has 4 heteroatoms. The Morgan fingerprint density at radius 1 is 1.53 bits per heavy atom. The molecule has 1 heterocycles. The van der Waals surface area contributed by atoms with Crippen molar-refractivity contribution >= 4 is 5.95 Å². The number of hydrogen-bond donors (Lipinski definition) is 1. The van der Waals surface area contributed by atoms with E-state index < -0.39 is 0 Å². The summed E-state index contributed by atoms with van der Waals surface area (Å²) in [6.45, 7) is 6.12. The first-order valence-electron chi connectivity index (χ1n) is 6.48. The van der Waals surface area contributed by atoms with Crippen LogP contribution in [0.4, 0.5) is 5.95 Å². The second-order valence-electron chi connectivity index (χ2n) is 5.16. The monoisotopic (exact) mass is 237 g/mol. The molecule has 0 spiro atoms. The van der Waals surface area contributed by atoms with Crippen LogP contribution in [0, 0.1) is 12.8 Å². The molecular weight excluding hydrogens is 214 g/mol. The number of methoxy groups -OCH3 is 1. The van der Waals surface area contributed by atoms with Crippen molar-refractivity contribution < 1.29 is 4.74 Å². The van der Waals surface area contributed by atoms with Crippen molar-refractivity contribution in [1.82, 2.24) is 9.55 Å². The van der Waals surface area contributed by atoms with E-state index in [1.165, 1.54) is 12.8 Å². The van der Waals surface area contributed by atoms with E-state index in [2.05, 4.69) is 28.0 Å². The number of hydrogen-bond acceptors (Lipinski definition) is 3.